The Morgan fingerprint density at radius 1 is 1.22 bits per heavy atom. The number of amides is 2. The summed E-state index contributed by atoms with van der Waals surface area (Å²) in [5, 5.41) is 2.52. The third-order valence-corrected chi connectivity index (χ3v) is 5.14. The normalized spacial score (nSPS) is 11.0. The van der Waals surface area contributed by atoms with E-state index in [2.05, 4.69) is 16.6 Å². The second-order valence-corrected chi connectivity index (χ2v) is 7.44. The molecule has 0 aliphatic heterocycles. The SMILES string of the molecule is C=CCNS(=O)(=O)c1cc(C(=O)Nc2ccc(C(N)=O)c(Cl)c2)ccc1F. The highest BCUT2D eigenvalue weighted by atomic mass is 35.5. The van der Waals surface area contributed by atoms with Gasteiger partial charge in [0.15, 0.2) is 0 Å². The van der Waals surface area contributed by atoms with E-state index in [0.29, 0.717) is 0 Å². The molecular weight excluding hydrogens is 397 g/mol. The van der Waals surface area contributed by atoms with Crippen molar-refractivity contribution in [1.82, 2.24) is 4.72 Å². The topological polar surface area (TPSA) is 118 Å². The summed E-state index contributed by atoms with van der Waals surface area (Å²) in [7, 11) is -4.15. The van der Waals surface area contributed by atoms with Gasteiger partial charge in [0.2, 0.25) is 15.9 Å². The molecule has 0 unspecified atom stereocenters. The van der Waals surface area contributed by atoms with Crippen LogP contribution in [0.2, 0.25) is 5.02 Å². The minimum Gasteiger partial charge on any atom is -0.366 e. The summed E-state index contributed by atoms with van der Waals surface area (Å²) >= 11 is 5.91. The maximum Gasteiger partial charge on any atom is 0.255 e. The summed E-state index contributed by atoms with van der Waals surface area (Å²) in [5.74, 6) is -2.42. The van der Waals surface area contributed by atoms with Crippen molar-refractivity contribution in [3.8, 4) is 0 Å². The first-order valence-electron chi connectivity index (χ1n) is 7.46. The number of nitrogens with two attached hydrogens (primary N) is 1. The smallest absolute Gasteiger partial charge is 0.255 e. The summed E-state index contributed by atoms with van der Waals surface area (Å²) in [6.45, 7) is 3.28. The predicted molar refractivity (Wildman–Crippen MR) is 99.7 cm³/mol. The van der Waals surface area contributed by atoms with Crippen molar-refractivity contribution in [2.45, 2.75) is 4.90 Å². The number of anilines is 1. The summed E-state index contributed by atoms with van der Waals surface area (Å²) in [6, 6.07) is 6.97. The van der Waals surface area contributed by atoms with Gasteiger partial charge < -0.3 is 11.1 Å². The molecule has 0 saturated carbocycles. The Kier molecular flexibility index (Phi) is 6.32. The Morgan fingerprint density at radius 3 is 2.52 bits per heavy atom. The highest BCUT2D eigenvalue weighted by molar-refractivity contribution is 7.89. The summed E-state index contributed by atoms with van der Waals surface area (Å²) in [6.07, 6.45) is 1.30. The van der Waals surface area contributed by atoms with Crippen LogP contribution in [0.15, 0.2) is 53.9 Å². The molecule has 0 fully saturated rings. The number of hydrogen-bond donors (Lipinski definition) is 3. The number of carbonyl (C=O) groups is 2. The fourth-order valence-corrected chi connectivity index (χ4v) is 3.47. The molecule has 2 aromatic carbocycles. The quantitative estimate of drug-likeness (QED) is 0.605. The van der Waals surface area contributed by atoms with E-state index < -0.39 is 32.6 Å². The Labute approximate surface area is 160 Å². The number of halogens is 2. The summed E-state index contributed by atoms with van der Waals surface area (Å²) < 4.78 is 40.2. The fraction of sp³-hybridized carbons (Fsp3) is 0.0588. The van der Waals surface area contributed by atoms with E-state index in [9.17, 15) is 22.4 Å². The molecule has 0 heterocycles. The van der Waals surface area contributed by atoms with E-state index in [4.69, 9.17) is 17.3 Å². The van der Waals surface area contributed by atoms with E-state index in [1.807, 2.05) is 0 Å². The molecule has 0 aliphatic rings. The van der Waals surface area contributed by atoms with Gasteiger partial charge in [-0.2, -0.15) is 0 Å². The van der Waals surface area contributed by atoms with Crippen molar-refractivity contribution < 1.29 is 22.4 Å². The van der Waals surface area contributed by atoms with Crippen LogP contribution in [0, 0.1) is 5.82 Å². The van der Waals surface area contributed by atoms with Gasteiger partial charge in [-0.1, -0.05) is 17.7 Å². The molecule has 0 atom stereocenters. The maximum atomic E-state index is 13.9. The molecular formula is C17H15ClFN3O4S. The molecule has 2 aromatic rings. The minimum absolute atomic E-state index is 0.0382. The molecule has 0 aromatic heterocycles. The van der Waals surface area contributed by atoms with Gasteiger partial charge in [-0.05, 0) is 36.4 Å². The van der Waals surface area contributed by atoms with Gasteiger partial charge in [0.1, 0.15) is 10.7 Å². The second-order valence-electron chi connectivity index (χ2n) is 5.30. The molecule has 7 nitrogen and oxygen atoms in total. The number of rotatable bonds is 7. The van der Waals surface area contributed by atoms with E-state index in [0.717, 1.165) is 18.2 Å². The van der Waals surface area contributed by atoms with Crippen LogP contribution in [-0.4, -0.2) is 26.8 Å². The Balaban J connectivity index is 2.30. The molecule has 142 valence electrons. The monoisotopic (exact) mass is 411 g/mol. The number of primary amides is 1. The number of sulfonamides is 1. The molecule has 0 aliphatic carbocycles. The van der Waals surface area contributed by atoms with Gasteiger partial charge in [0.05, 0.1) is 10.6 Å². The predicted octanol–water partition coefficient (Wildman–Crippen LogP) is 2.29. The zero-order valence-corrected chi connectivity index (χ0v) is 15.4. The first kappa shape index (κ1) is 20.6. The molecule has 4 N–H and O–H groups in total. The van der Waals surface area contributed by atoms with Crippen molar-refractivity contribution in [3.63, 3.8) is 0 Å². The van der Waals surface area contributed by atoms with Gasteiger partial charge in [0, 0.05) is 17.8 Å². The summed E-state index contributed by atoms with van der Waals surface area (Å²) in [5.41, 5.74) is 5.38. The van der Waals surface area contributed by atoms with Crippen LogP contribution in [0.1, 0.15) is 20.7 Å². The number of carbonyl (C=O) groups excluding carboxylic acids is 2. The van der Waals surface area contributed by atoms with Crippen molar-refractivity contribution >= 4 is 39.1 Å². The van der Waals surface area contributed by atoms with Gasteiger partial charge in [0.25, 0.3) is 5.91 Å². The first-order chi connectivity index (χ1) is 12.7. The van der Waals surface area contributed by atoms with Crippen LogP contribution >= 0.6 is 11.6 Å². The summed E-state index contributed by atoms with van der Waals surface area (Å²) in [4.78, 5) is 22.8. The Morgan fingerprint density at radius 2 is 1.93 bits per heavy atom. The van der Waals surface area contributed by atoms with Crippen LogP contribution in [0.3, 0.4) is 0 Å². The lowest BCUT2D eigenvalue weighted by molar-refractivity contribution is 0.0998. The maximum absolute atomic E-state index is 13.9. The highest BCUT2D eigenvalue weighted by Gasteiger charge is 2.21. The Bertz CT molecular complexity index is 1020. The van der Waals surface area contributed by atoms with E-state index in [-0.39, 0.29) is 28.4 Å². The minimum atomic E-state index is -4.15. The zero-order valence-electron chi connectivity index (χ0n) is 13.8. The molecule has 2 amide bonds. The first-order valence-corrected chi connectivity index (χ1v) is 9.32. The van der Waals surface area contributed by atoms with Crippen molar-refractivity contribution in [3.05, 3.63) is 71.0 Å². The van der Waals surface area contributed by atoms with Gasteiger partial charge in [-0.15, -0.1) is 6.58 Å². The van der Waals surface area contributed by atoms with Gasteiger partial charge in [-0.3, -0.25) is 9.59 Å². The molecule has 0 bridgehead atoms. The fourth-order valence-electron chi connectivity index (χ4n) is 2.09. The van der Waals surface area contributed by atoms with E-state index in [1.54, 1.807) is 0 Å². The van der Waals surface area contributed by atoms with Crippen LogP contribution in [0.4, 0.5) is 10.1 Å². The molecule has 0 radical (unpaired) electrons. The van der Waals surface area contributed by atoms with Crippen molar-refractivity contribution in [2.75, 3.05) is 11.9 Å². The zero-order chi connectivity index (χ0) is 20.2. The number of benzene rings is 2. The lowest BCUT2D eigenvalue weighted by atomic mass is 10.1. The number of hydrogen-bond acceptors (Lipinski definition) is 4. The third kappa shape index (κ3) is 4.91. The molecule has 0 spiro atoms. The number of nitrogens with one attached hydrogen (secondary N) is 2. The molecule has 0 saturated heterocycles. The third-order valence-electron chi connectivity index (χ3n) is 3.39. The average Bonchev–Trinajstić information content (AvgIpc) is 2.60. The van der Waals surface area contributed by atoms with Crippen molar-refractivity contribution in [1.29, 1.82) is 0 Å². The molecule has 27 heavy (non-hydrogen) atoms. The van der Waals surface area contributed by atoms with Crippen LogP contribution in [0.25, 0.3) is 0 Å². The van der Waals surface area contributed by atoms with E-state index in [1.165, 1.54) is 24.3 Å². The molecule has 2 rings (SSSR count). The standard InChI is InChI=1S/C17H15ClFN3O4S/c1-2-7-21-27(25,26)15-8-10(3-6-14(15)19)17(24)22-11-4-5-12(16(20)23)13(18)9-11/h2-6,8-9,21H,1,7H2,(H2,20,23)(H,22,24). The van der Waals surface area contributed by atoms with Crippen LogP contribution < -0.4 is 15.8 Å². The average molecular weight is 412 g/mol. The van der Waals surface area contributed by atoms with Gasteiger partial charge in [-0.25, -0.2) is 17.5 Å². The second kappa shape index (κ2) is 8.30. The molecule has 10 heteroatoms. The highest BCUT2D eigenvalue weighted by Crippen LogP contribution is 2.22. The lowest BCUT2D eigenvalue weighted by Crippen LogP contribution is -2.25. The Hall–Kier alpha value is -2.75. The van der Waals surface area contributed by atoms with Crippen LogP contribution in [-0.2, 0) is 10.0 Å². The lowest BCUT2D eigenvalue weighted by Gasteiger charge is -2.10. The largest absolute Gasteiger partial charge is 0.366 e. The van der Waals surface area contributed by atoms with Crippen molar-refractivity contribution in [2.24, 2.45) is 5.73 Å². The van der Waals surface area contributed by atoms with E-state index >= 15 is 0 Å². The van der Waals surface area contributed by atoms with Gasteiger partial charge >= 0.3 is 0 Å². The van der Waals surface area contributed by atoms with Crippen LogP contribution in [0.5, 0.6) is 0 Å².